The summed E-state index contributed by atoms with van der Waals surface area (Å²) in [6, 6.07) is 0.852. The van der Waals surface area contributed by atoms with Crippen molar-refractivity contribution in [2.45, 2.75) is 35.7 Å². The van der Waals surface area contributed by atoms with Gasteiger partial charge in [0, 0.05) is 22.7 Å². The first kappa shape index (κ1) is 22.5. The van der Waals surface area contributed by atoms with Crippen molar-refractivity contribution in [2.24, 2.45) is 0 Å². The van der Waals surface area contributed by atoms with Crippen LogP contribution in [0, 0.1) is 0 Å². The Morgan fingerprint density at radius 1 is 1.15 bits per heavy atom. The quantitative estimate of drug-likeness (QED) is 0.443. The molecule has 1 rings (SSSR count). The number of aryl methyl sites for hydroxylation is 1. The maximum absolute atomic E-state index is 12.9. The fourth-order valence-corrected chi connectivity index (χ4v) is 3.22. The number of methoxy groups -OCH3 is 1. The molecule has 0 aromatic heterocycles. The first-order valence-electron chi connectivity index (χ1n) is 6.56. The zero-order valence-corrected chi connectivity index (χ0v) is 14.4. The van der Waals surface area contributed by atoms with E-state index in [0.29, 0.717) is 6.07 Å². The Morgan fingerprint density at radius 2 is 1.65 bits per heavy atom. The molecule has 0 radical (unpaired) electrons. The SMILES string of the molecule is COC(=O)CCc1ccc(C(O)(C(F)(F)F)C(F)(F)F)cc1S(=O)(=O)Cl. The van der Waals surface area contributed by atoms with Gasteiger partial charge < -0.3 is 9.84 Å². The third kappa shape index (κ3) is 4.41. The van der Waals surface area contributed by atoms with Crippen molar-refractivity contribution >= 4 is 25.7 Å². The maximum Gasteiger partial charge on any atom is 0.430 e. The van der Waals surface area contributed by atoms with Crippen LogP contribution in [0.1, 0.15) is 17.5 Å². The monoisotopic (exact) mass is 428 g/mol. The Bertz CT molecular complexity index is 773. The number of halogens is 7. The van der Waals surface area contributed by atoms with E-state index in [0.717, 1.165) is 7.11 Å². The molecule has 0 unspecified atom stereocenters. The number of rotatable bonds is 5. The highest BCUT2D eigenvalue weighted by Crippen LogP contribution is 2.50. The molecule has 1 N–H and O–H groups in total. The van der Waals surface area contributed by atoms with Crippen LogP contribution >= 0.6 is 10.7 Å². The zero-order valence-electron chi connectivity index (χ0n) is 12.8. The van der Waals surface area contributed by atoms with Crippen LogP contribution in [0.4, 0.5) is 26.3 Å². The second-order valence-electron chi connectivity index (χ2n) is 5.04. The number of benzene rings is 1. The van der Waals surface area contributed by atoms with Gasteiger partial charge in [-0.05, 0) is 18.1 Å². The topological polar surface area (TPSA) is 80.7 Å². The predicted molar refractivity (Wildman–Crippen MR) is 75.8 cm³/mol. The Hall–Kier alpha value is -1.53. The number of aliphatic hydroxyl groups is 1. The third-order valence-corrected chi connectivity index (χ3v) is 4.80. The number of ether oxygens (including phenoxy) is 1. The lowest BCUT2D eigenvalue weighted by atomic mass is 9.91. The van der Waals surface area contributed by atoms with Gasteiger partial charge >= 0.3 is 18.3 Å². The van der Waals surface area contributed by atoms with Gasteiger partial charge in [-0.1, -0.05) is 12.1 Å². The van der Waals surface area contributed by atoms with Crippen LogP contribution in [0.5, 0.6) is 0 Å². The van der Waals surface area contributed by atoms with Crippen LogP contribution < -0.4 is 0 Å². The van der Waals surface area contributed by atoms with Gasteiger partial charge in [-0.2, -0.15) is 26.3 Å². The molecule has 1 aromatic carbocycles. The van der Waals surface area contributed by atoms with Gasteiger partial charge in [-0.25, -0.2) is 8.42 Å². The lowest BCUT2D eigenvalue weighted by Gasteiger charge is -2.33. The minimum Gasteiger partial charge on any atom is -0.469 e. The number of alkyl halides is 6. The summed E-state index contributed by atoms with van der Waals surface area (Å²) in [5.74, 6) is -0.797. The minimum absolute atomic E-state index is 0.0179. The molecule has 26 heavy (non-hydrogen) atoms. The summed E-state index contributed by atoms with van der Waals surface area (Å²) in [5.41, 5.74) is -7.41. The molecule has 148 valence electrons. The van der Waals surface area contributed by atoms with Gasteiger partial charge in [0.1, 0.15) is 0 Å². The largest absolute Gasteiger partial charge is 0.469 e. The van der Waals surface area contributed by atoms with E-state index in [1.54, 1.807) is 0 Å². The van der Waals surface area contributed by atoms with E-state index in [1.807, 2.05) is 0 Å². The van der Waals surface area contributed by atoms with Crippen LogP contribution in [-0.2, 0) is 30.6 Å². The maximum atomic E-state index is 12.9. The van der Waals surface area contributed by atoms with Crippen molar-refractivity contribution in [1.29, 1.82) is 0 Å². The summed E-state index contributed by atoms with van der Waals surface area (Å²) in [6.07, 6.45) is -13.2. The minimum atomic E-state index is -6.19. The van der Waals surface area contributed by atoms with E-state index >= 15 is 0 Å². The van der Waals surface area contributed by atoms with E-state index in [4.69, 9.17) is 10.7 Å². The molecule has 1 aromatic rings. The summed E-state index contributed by atoms with van der Waals surface area (Å²) < 4.78 is 105. The zero-order chi connectivity index (χ0) is 20.6. The standard InChI is InChI=1S/C13H11ClF6O5S/c1-25-10(21)5-3-7-2-4-8(6-9(7)26(14,23)24)11(22,12(15,16)17)13(18,19)20/h2,4,6,22H,3,5H2,1H3. The second-order valence-corrected chi connectivity index (χ2v) is 7.58. The van der Waals surface area contributed by atoms with Crippen LogP contribution in [0.3, 0.4) is 0 Å². The van der Waals surface area contributed by atoms with E-state index in [1.165, 1.54) is 0 Å². The fraction of sp³-hybridized carbons (Fsp3) is 0.462. The Morgan fingerprint density at radius 3 is 2.04 bits per heavy atom. The molecule has 0 bridgehead atoms. The molecule has 0 aliphatic heterocycles. The molecule has 0 aliphatic carbocycles. The predicted octanol–water partition coefficient (Wildman–Crippen LogP) is 3.03. The average molecular weight is 429 g/mol. The van der Waals surface area contributed by atoms with Crippen molar-refractivity contribution in [3.05, 3.63) is 29.3 Å². The molecule has 0 spiro atoms. The van der Waals surface area contributed by atoms with Crippen LogP contribution in [0.15, 0.2) is 23.1 Å². The smallest absolute Gasteiger partial charge is 0.430 e. The molecule has 0 saturated carbocycles. The van der Waals surface area contributed by atoms with Crippen molar-refractivity contribution in [2.75, 3.05) is 7.11 Å². The first-order valence-corrected chi connectivity index (χ1v) is 8.87. The van der Waals surface area contributed by atoms with Crippen LogP contribution in [0.25, 0.3) is 0 Å². The van der Waals surface area contributed by atoms with Crippen LogP contribution in [-0.4, -0.2) is 39.0 Å². The first-order chi connectivity index (χ1) is 11.6. The van der Waals surface area contributed by atoms with Crippen molar-refractivity contribution in [1.82, 2.24) is 0 Å². The summed E-state index contributed by atoms with van der Waals surface area (Å²) in [5, 5.41) is 9.33. The summed E-state index contributed by atoms with van der Waals surface area (Å²) in [7, 11) is 1.31. The molecule has 0 heterocycles. The molecule has 0 amide bonds. The molecular weight excluding hydrogens is 418 g/mol. The van der Waals surface area contributed by atoms with Gasteiger partial charge in [0.2, 0.25) is 0 Å². The highest BCUT2D eigenvalue weighted by Gasteiger charge is 2.71. The molecule has 0 fully saturated rings. The number of carbonyl (C=O) groups excluding carboxylic acids is 1. The molecular formula is C13H11ClF6O5S. The Labute approximate surface area is 147 Å². The second kappa shape index (κ2) is 7.24. The molecule has 5 nitrogen and oxygen atoms in total. The molecule has 13 heteroatoms. The summed E-state index contributed by atoms with van der Waals surface area (Å²) in [4.78, 5) is 10.0. The molecule has 0 aliphatic rings. The lowest BCUT2D eigenvalue weighted by molar-refractivity contribution is -0.376. The Balaban J connectivity index is 3.59. The normalized spacial score (nSPS) is 13.6. The van der Waals surface area contributed by atoms with E-state index in [9.17, 15) is 44.7 Å². The summed E-state index contributed by atoms with van der Waals surface area (Å²) >= 11 is 0. The van der Waals surface area contributed by atoms with Gasteiger partial charge in [-0.3, -0.25) is 4.79 Å². The van der Waals surface area contributed by atoms with E-state index in [2.05, 4.69) is 4.74 Å². The number of hydrogen-bond acceptors (Lipinski definition) is 5. The molecule has 0 saturated heterocycles. The molecule has 0 atom stereocenters. The highest BCUT2D eigenvalue weighted by atomic mass is 35.7. The third-order valence-electron chi connectivity index (χ3n) is 3.39. The number of carbonyl (C=O) groups is 1. The average Bonchev–Trinajstić information content (AvgIpc) is 2.48. The highest BCUT2D eigenvalue weighted by molar-refractivity contribution is 8.13. The lowest BCUT2D eigenvalue weighted by Crippen LogP contribution is -2.54. The van der Waals surface area contributed by atoms with Crippen molar-refractivity contribution in [3.63, 3.8) is 0 Å². The Kier molecular flexibility index (Phi) is 6.26. The van der Waals surface area contributed by atoms with Gasteiger partial charge in [0.15, 0.2) is 0 Å². The van der Waals surface area contributed by atoms with Gasteiger partial charge in [0.25, 0.3) is 14.7 Å². The van der Waals surface area contributed by atoms with Crippen LogP contribution in [0.2, 0.25) is 0 Å². The van der Waals surface area contributed by atoms with E-state index in [-0.39, 0.29) is 24.1 Å². The number of hydrogen-bond donors (Lipinski definition) is 1. The van der Waals surface area contributed by atoms with Crippen molar-refractivity contribution in [3.8, 4) is 0 Å². The summed E-state index contributed by atoms with van der Waals surface area (Å²) in [6.45, 7) is 0. The van der Waals surface area contributed by atoms with Gasteiger partial charge in [-0.15, -0.1) is 0 Å². The van der Waals surface area contributed by atoms with E-state index < -0.39 is 49.9 Å². The number of esters is 1. The fourth-order valence-electron chi connectivity index (χ4n) is 2.04. The van der Waals surface area contributed by atoms with Crippen molar-refractivity contribution < 1.29 is 49.4 Å². The van der Waals surface area contributed by atoms with Gasteiger partial charge in [0.05, 0.1) is 12.0 Å².